The zero-order chi connectivity index (χ0) is 13.9. The zero-order valence-electron chi connectivity index (χ0n) is 10.5. The molecular weight excluding hydrogens is 277 g/mol. The second kappa shape index (κ2) is 3.83. The number of rotatable bonds is 1. The highest BCUT2D eigenvalue weighted by Crippen LogP contribution is 2.64. The van der Waals surface area contributed by atoms with Crippen LogP contribution in [0.2, 0.25) is 5.02 Å². The molecule has 0 radical (unpaired) electrons. The molecule has 0 saturated heterocycles. The first-order valence-electron chi connectivity index (χ1n) is 6.48. The van der Waals surface area contributed by atoms with Gasteiger partial charge in [-0.3, -0.25) is 4.79 Å². The van der Waals surface area contributed by atoms with Gasteiger partial charge >= 0.3 is 0 Å². The summed E-state index contributed by atoms with van der Waals surface area (Å²) in [6.45, 7) is 0. The number of carbonyl (C=O) groups excluding carboxylic acids is 1. The highest BCUT2D eigenvalue weighted by molar-refractivity contribution is 6.30. The second-order valence-electron chi connectivity index (χ2n) is 5.42. The Bertz CT molecular complexity index is 728. The Labute approximate surface area is 120 Å². The summed E-state index contributed by atoms with van der Waals surface area (Å²) in [5, 5.41) is 3.53. The summed E-state index contributed by atoms with van der Waals surface area (Å²) < 4.78 is 13.5. The van der Waals surface area contributed by atoms with E-state index in [1.807, 2.05) is 24.3 Å². The minimum atomic E-state index is -0.592. The molecule has 1 aliphatic carbocycles. The van der Waals surface area contributed by atoms with E-state index in [4.69, 9.17) is 11.6 Å². The number of halogens is 2. The van der Waals surface area contributed by atoms with Gasteiger partial charge in [0.25, 0.3) is 0 Å². The first-order valence-corrected chi connectivity index (χ1v) is 6.86. The number of fused-ring (bicyclic) bond motifs is 2. The molecule has 1 heterocycles. The van der Waals surface area contributed by atoms with Gasteiger partial charge in [-0.1, -0.05) is 23.7 Å². The molecule has 0 aromatic heterocycles. The Balaban J connectivity index is 1.79. The average molecular weight is 288 g/mol. The van der Waals surface area contributed by atoms with Gasteiger partial charge in [0.1, 0.15) is 5.82 Å². The van der Waals surface area contributed by atoms with Crippen LogP contribution in [0.3, 0.4) is 0 Å². The van der Waals surface area contributed by atoms with E-state index in [1.165, 1.54) is 12.1 Å². The maximum absolute atomic E-state index is 13.5. The number of anilines is 1. The van der Waals surface area contributed by atoms with Crippen LogP contribution < -0.4 is 5.32 Å². The van der Waals surface area contributed by atoms with Crippen molar-refractivity contribution in [3.63, 3.8) is 0 Å². The summed E-state index contributed by atoms with van der Waals surface area (Å²) in [6.07, 6.45) is 0.719. The van der Waals surface area contributed by atoms with Crippen LogP contribution in [0.1, 0.15) is 23.5 Å². The molecule has 2 aromatic rings. The standard InChI is InChI=1S/C16H11ClFNO/c17-10-3-1-9(2-4-10)13-8-16(13)12-7-11(18)5-6-14(12)19-15(16)20/h1-7,13H,8H2,(H,19,20)/t13-,16+/m1/s1. The lowest BCUT2D eigenvalue weighted by atomic mass is 9.92. The third-order valence-electron chi connectivity index (χ3n) is 4.35. The predicted octanol–water partition coefficient (Wildman–Crippen LogP) is 3.86. The Morgan fingerprint density at radius 3 is 2.70 bits per heavy atom. The molecule has 20 heavy (non-hydrogen) atoms. The van der Waals surface area contributed by atoms with Gasteiger partial charge in [0.05, 0.1) is 5.41 Å². The van der Waals surface area contributed by atoms with E-state index in [0.29, 0.717) is 5.02 Å². The number of hydrogen-bond donors (Lipinski definition) is 1. The maximum Gasteiger partial charge on any atom is 0.235 e. The van der Waals surface area contributed by atoms with Crippen LogP contribution in [0.15, 0.2) is 42.5 Å². The maximum atomic E-state index is 13.5. The van der Waals surface area contributed by atoms with E-state index >= 15 is 0 Å². The topological polar surface area (TPSA) is 29.1 Å². The Kier molecular flexibility index (Phi) is 2.28. The lowest BCUT2D eigenvalue weighted by molar-refractivity contribution is -0.118. The molecule has 0 bridgehead atoms. The summed E-state index contributed by atoms with van der Waals surface area (Å²) >= 11 is 5.89. The van der Waals surface area contributed by atoms with Crippen molar-refractivity contribution in [1.29, 1.82) is 0 Å². The van der Waals surface area contributed by atoms with Crippen LogP contribution in [0.4, 0.5) is 10.1 Å². The van der Waals surface area contributed by atoms with Crippen molar-refractivity contribution in [3.05, 3.63) is 64.4 Å². The van der Waals surface area contributed by atoms with E-state index in [0.717, 1.165) is 23.2 Å². The van der Waals surface area contributed by atoms with Gasteiger partial charge in [0.15, 0.2) is 0 Å². The number of amides is 1. The fraction of sp³-hybridized carbons (Fsp3) is 0.188. The molecule has 0 unspecified atom stereocenters. The molecule has 2 atom stereocenters. The Morgan fingerprint density at radius 1 is 1.20 bits per heavy atom. The summed E-state index contributed by atoms with van der Waals surface area (Å²) in [4.78, 5) is 12.3. The lowest BCUT2D eigenvalue weighted by Gasteiger charge is -2.09. The smallest absolute Gasteiger partial charge is 0.235 e. The molecule has 1 spiro atoms. The Hall–Kier alpha value is -1.87. The minimum Gasteiger partial charge on any atom is -0.325 e. The van der Waals surface area contributed by atoms with Crippen molar-refractivity contribution in [3.8, 4) is 0 Å². The van der Waals surface area contributed by atoms with Crippen LogP contribution in [-0.2, 0) is 10.2 Å². The minimum absolute atomic E-state index is 0.0296. The normalized spacial score (nSPS) is 26.5. The summed E-state index contributed by atoms with van der Waals surface area (Å²) in [7, 11) is 0. The van der Waals surface area contributed by atoms with E-state index in [9.17, 15) is 9.18 Å². The fourth-order valence-electron chi connectivity index (χ4n) is 3.26. The van der Waals surface area contributed by atoms with Crippen LogP contribution >= 0.6 is 11.6 Å². The van der Waals surface area contributed by atoms with Gasteiger partial charge in [-0.2, -0.15) is 0 Å². The first-order chi connectivity index (χ1) is 9.61. The monoisotopic (exact) mass is 287 g/mol. The van der Waals surface area contributed by atoms with Crippen molar-refractivity contribution >= 4 is 23.2 Å². The fourth-order valence-corrected chi connectivity index (χ4v) is 3.39. The molecule has 4 heteroatoms. The van der Waals surface area contributed by atoms with E-state index in [1.54, 1.807) is 6.07 Å². The average Bonchev–Trinajstić information content (AvgIpc) is 3.12. The predicted molar refractivity (Wildman–Crippen MR) is 75.5 cm³/mol. The third kappa shape index (κ3) is 1.47. The molecular formula is C16H11ClFNO. The number of carbonyl (C=O) groups is 1. The van der Waals surface area contributed by atoms with Crippen LogP contribution in [0.5, 0.6) is 0 Å². The second-order valence-corrected chi connectivity index (χ2v) is 5.86. The third-order valence-corrected chi connectivity index (χ3v) is 4.60. The highest BCUT2D eigenvalue weighted by Gasteiger charge is 2.65. The molecule has 2 aliphatic rings. The molecule has 100 valence electrons. The molecule has 2 aromatic carbocycles. The number of nitrogens with one attached hydrogen (secondary N) is 1. The van der Waals surface area contributed by atoms with E-state index in [2.05, 4.69) is 5.32 Å². The lowest BCUT2D eigenvalue weighted by Crippen LogP contribution is -2.21. The van der Waals surface area contributed by atoms with Gasteiger partial charge in [-0.15, -0.1) is 0 Å². The summed E-state index contributed by atoms with van der Waals surface area (Å²) in [6, 6.07) is 12.0. The molecule has 1 aliphatic heterocycles. The van der Waals surface area contributed by atoms with E-state index in [-0.39, 0.29) is 17.6 Å². The van der Waals surface area contributed by atoms with Gasteiger partial charge < -0.3 is 5.32 Å². The molecule has 1 amide bonds. The van der Waals surface area contributed by atoms with Crippen LogP contribution in [0, 0.1) is 5.82 Å². The Morgan fingerprint density at radius 2 is 1.95 bits per heavy atom. The SMILES string of the molecule is O=C1Nc2ccc(F)cc2[C@]12C[C@@H]2c1ccc(Cl)cc1. The van der Waals surface area contributed by atoms with Gasteiger partial charge in [-0.25, -0.2) is 4.39 Å². The number of hydrogen-bond acceptors (Lipinski definition) is 1. The van der Waals surface area contributed by atoms with Crippen molar-refractivity contribution in [1.82, 2.24) is 0 Å². The van der Waals surface area contributed by atoms with Crippen LogP contribution in [-0.4, -0.2) is 5.91 Å². The number of benzene rings is 2. The first kappa shape index (κ1) is 11.9. The zero-order valence-corrected chi connectivity index (χ0v) is 11.2. The van der Waals surface area contributed by atoms with Crippen molar-refractivity contribution in [2.45, 2.75) is 17.8 Å². The molecule has 2 nitrogen and oxygen atoms in total. The molecule has 4 rings (SSSR count). The summed E-state index contributed by atoms with van der Waals surface area (Å²) in [5.74, 6) is -0.234. The van der Waals surface area contributed by atoms with Crippen molar-refractivity contribution in [2.75, 3.05) is 5.32 Å². The molecule has 1 N–H and O–H groups in total. The molecule has 1 fully saturated rings. The van der Waals surface area contributed by atoms with E-state index < -0.39 is 5.41 Å². The van der Waals surface area contributed by atoms with Gasteiger partial charge in [0, 0.05) is 16.6 Å². The summed E-state index contributed by atoms with van der Waals surface area (Å²) in [5.41, 5.74) is 1.99. The van der Waals surface area contributed by atoms with Crippen LogP contribution in [0.25, 0.3) is 0 Å². The largest absolute Gasteiger partial charge is 0.325 e. The van der Waals surface area contributed by atoms with Gasteiger partial charge in [0.2, 0.25) is 5.91 Å². The van der Waals surface area contributed by atoms with Crippen molar-refractivity contribution in [2.24, 2.45) is 0 Å². The quantitative estimate of drug-likeness (QED) is 0.848. The van der Waals surface area contributed by atoms with Crippen molar-refractivity contribution < 1.29 is 9.18 Å². The highest BCUT2D eigenvalue weighted by atomic mass is 35.5. The van der Waals surface area contributed by atoms with Gasteiger partial charge in [-0.05, 0) is 47.9 Å². The molecule has 1 saturated carbocycles.